The van der Waals surface area contributed by atoms with Crippen molar-refractivity contribution in [2.24, 2.45) is 0 Å². The zero-order valence-corrected chi connectivity index (χ0v) is 20.9. The predicted molar refractivity (Wildman–Crippen MR) is 142 cm³/mol. The van der Waals surface area contributed by atoms with Gasteiger partial charge in [-0.3, -0.25) is 9.59 Å². The molecule has 8 heteroatoms. The quantitative estimate of drug-likeness (QED) is 0.261. The highest BCUT2D eigenvalue weighted by Gasteiger charge is 2.17. The number of thiazole rings is 1. The van der Waals surface area contributed by atoms with Gasteiger partial charge in [-0.15, -0.1) is 23.1 Å². The molecule has 1 heterocycles. The Morgan fingerprint density at radius 3 is 2.44 bits per heavy atom. The monoisotopic (exact) mass is 507 g/mol. The summed E-state index contributed by atoms with van der Waals surface area (Å²) in [5.74, 6) is -0.280. The van der Waals surface area contributed by atoms with E-state index < -0.39 is 0 Å². The van der Waals surface area contributed by atoms with Gasteiger partial charge in [0.05, 0.1) is 10.9 Å². The minimum absolute atomic E-state index is 0.126. The fourth-order valence-electron chi connectivity index (χ4n) is 3.16. The molecule has 172 valence electrons. The highest BCUT2D eigenvalue weighted by Crippen LogP contribution is 2.28. The van der Waals surface area contributed by atoms with Crippen LogP contribution in [0.1, 0.15) is 22.8 Å². The number of carbonyl (C=O) groups is 2. The third kappa shape index (κ3) is 6.26. The summed E-state index contributed by atoms with van der Waals surface area (Å²) in [6, 6.07) is 22.3. The topological polar surface area (TPSA) is 71.1 Å². The fourth-order valence-corrected chi connectivity index (χ4v) is 4.87. The molecule has 4 rings (SSSR count). The summed E-state index contributed by atoms with van der Waals surface area (Å²) in [6.45, 7) is 3.80. The first kappa shape index (κ1) is 24.0. The number of thioether (sulfide) groups is 1. The molecule has 5 nitrogen and oxygen atoms in total. The molecule has 34 heavy (non-hydrogen) atoms. The lowest BCUT2D eigenvalue weighted by molar-refractivity contribution is -0.115. The van der Waals surface area contributed by atoms with Crippen molar-refractivity contribution in [2.45, 2.75) is 24.0 Å². The largest absolute Gasteiger partial charge is 0.322 e. The highest BCUT2D eigenvalue weighted by molar-refractivity contribution is 8.00. The maximum Gasteiger partial charge on any atom is 0.255 e. The molecule has 0 bridgehead atoms. The van der Waals surface area contributed by atoms with Crippen LogP contribution in [0, 0.1) is 6.92 Å². The Bertz CT molecular complexity index is 1300. The van der Waals surface area contributed by atoms with Crippen LogP contribution in [0.3, 0.4) is 0 Å². The van der Waals surface area contributed by atoms with Crippen molar-refractivity contribution in [1.82, 2.24) is 4.98 Å². The van der Waals surface area contributed by atoms with Crippen molar-refractivity contribution in [3.05, 3.63) is 94.3 Å². The molecule has 0 aliphatic heterocycles. The molecule has 4 aromatic rings. The molecule has 3 aromatic carbocycles. The summed E-state index contributed by atoms with van der Waals surface area (Å²) in [5, 5.41) is 8.59. The first-order chi connectivity index (χ1) is 16.4. The van der Waals surface area contributed by atoms with Gasteiger partial charge in [-0.1, -0.05) is 41.4 Å². The number of hydrogen-bond donors (Lipinski definition) is 2. The van der Waals surface area contributed by atoms with Gasteiger partial charge in [0.2, 0.25) is 5.91 Å². The summed E-state index contributed by atoms with van der Waals surface area (Å²) in [6.07, 6.45) is 0. The molecule has 0 aliphatic rings. The van der Waals surface area contributed by atoms with Crippen LogP contribution in [0.2, 0.25) is 5.02 Å². The Labute approximate surface area is 211 Å². The number of carbonyl (C=O) groups excluding carboxylic acids is 2. The molecule has 2 amide bonds. The first-order valence-corrected chi connectivity index (χ1v) is 12.7. The fraction of sp³-hybridized carbons (Fsp3) is 0.115. The van der Waals surface area contributed by atoms with Gasteiger partial charge in [0.25, 0.3) is 5.91 Å². The first-order valence-electron chi connectivity index (χ1n) is 10.5. The van der Waals surface area contributed by atoms with Crippen LogP contribution in [0.5, 0.6) is 0 Å². The highest BCUT2D eigenvalue weighted by atomic mass is 35.5. The Hall–Kier alpha value is -3.13. The van der Waals surface area contributed by atoms with Crippen LogP contribution < -0.4 is 10.6 Å². The normalized spacial score (nSPS) is 11.6. The van der Waals surface area contributed by atoms with E-state index >= 15 is 0 Å². The molecule has 1 aromatic heterocycles. The number of nitrogens with zero attached hydrogens (tertiary/aromatic N) is 1. The van der Waals surface area contributed by atoms with Crippen molar-refractivity contribution >= 4 is 57.3 Å². The standard InChI is InChI=1S/C26H22ClN3O2S2/c1-16-4-3-5-19(14-16)25(32)28-21-10-12-22(13-11-21)34-17(2)24(31)30-26-29-23(15-33-26)18-6-8-20(27)9-7-18/h3-15,17H,1-2H3,(H,28,32)(H,29,30,31). The minimum atomic E-state index is -0.324. The van der Waals surface area contributed by atoms with E-state index in [1.165, 1.54) is 23.1 Å². The summed E-state index contributed by atoms with van der Waals surface area (Å²) < 4.78 is 0. The number of anilines is 2. The number of benzene rings is 3. The third-order valence-electron chi connectivity index (χ3n) is 4.95. The zero-order chi connectivity index (χ0) is 24.1. The predicted octanol–water partition coefficient (Wildman–Crippen LogP) is 7.14. The van der Waals surface area contributed by atoms with Crippen molar-refractivity contribution in [3.8, 4) is 11.3 Å². The number of nitrogens with one attached hydrogen (secondary N) is 2. The Kier molecular flexibility index (Phi) is 7.67. The number of halogens is 1. The number of aryl methyl sites for hydroxylation is 1. The molecule has 1 atom stereocenters. The molecule has 0 fully saturated rings. The van der Waals surface area contributed by atoms with Gasteiger partial charge in [0, 0.05) is 32.1 Å². The van der Waals surface area contributed by atoms with Crippen molar-refractivity contribution < 1.29 is 9.59 Å². The lowest BCUT2D eigenvalue weighted by Crippen LogP contribution is -2.22. The second-order valence-electron chi connectivity index (χ2n) is 7.64. The van der Waals surface area contributed by atoms with Gasteiger partial charge in [0.15, 0.2) is 5.13 Å². The average molecular weight is 508 g/mol. The molecule has 0 spiro atoms. The Balaban J connectivity index is 1.32. The smallest absolute Gasteiger partial charge is 0.255 e. The van der Waals surface area contributed by atoms with Crippen LogP contribution >= 0.6 is 34.7 Å². The molecule has 0 radical (unpaired) electrons. The maximum absolute atomic E-state index is 12.7. The van der Waals surface area contributed by atoms with Crippen LogP contribution in [0.4, 0.5) is 10.8 Å². The van der Waals surface area contributed by atoms with Gasteiger partial charge in [-0.05, 0) is 62.4 Å². The van der Waals surface area contributed by atoms with E-state index in [4.69, 9.17) is 11.6 Å². The molecule has 1 unspecified atom stereocenters. The van der Waals surface area contributed by atoms with Gasteiger partial charge in [0.1, 0.15) is 0 Å². The van der Waals surface area contributed by atoms with Crippen LogP contribution in [0.15, 0.2) is 83.1 Å². The average Bonchev–Trinajstić information content (AvgIpc) is 3.29. The SMILES string of the molecule is Cc1cccc(C(=O)Nc2ccc(SC(C)C(=O)Nc3nc(-c4ccc(Cl)cc4)cs3)cc2)c1. The summed E-state index contributed by atoms with van der Waals surface area (Å²) in [7, 11) is 0. The van der Waals surface area contributed by atoms with Crippen molar-refractivity contribution in [2.75, 3.05) is 10.6 Å². The molecular formula is C26H22ClN3O2S2. The second-order valence-corrected chi connectivity index (χ2v) is 10.4. The Morgan fingerprint density at radius 2 is 1.74 bits per heavy atom. The van der Waals surface area contributed by atoms with E-state index in [0.29, 0.717) is 21.4 Å². The van der Waals surface area contributed by atoms with Crippen LogP contribution in [0.25, 0.3) is 11.3 Å². The second kappa shape index (κ2) is 10.9. The number of rotatable bonds is 7. The van der Waals surface area contributed by atoms with Crippen molar-refractivity contribution in [3.63, 3.8) is 0 Å². The van der Waals surface area contributed by atoms with E-state index in [2.05, 4.69) is 15.6 Å². The maximum atomic E-state index is 12.7. The van der Waals surface area contributed by atoms with E-state index in [0.717, 1.165) is 21.7 Å². The summed E-state index contributed by atoms with van der Waals surface area (Å²) in [4.78, 5) is 30.5. The number of hydrogen-bond acceptors (Lipinski definition) is 5. The van der Waals surface area contributed by atoms with E-state index in [1.54, 1.807) is 6.07 Å². The zero-order valence-electron chi connectivity index (χ0n) is 18.5. The number of aromatic nitrogens is 1. The van der Waals surface area contributed by atoms with Gasteiger partial charge >= 0.3 is 0 Å². The van der Waals surface area contributed by atoms with Gasteiger partial charge in [-0.25, -0.2) is 4.98 Å². The molecule has 0 aliphatic carbocycles. The van der Waals surface area contributed by atoms with Crippen LogP contribution in [-0.2, 0) is 4.79 Å². The molecule has 0 saturated heterocycles. The lowest BCUT2D eigenvalue weighted by atomic mass is 10.1. The van der Waals surface area contributed by atoms with Gasteiger partial charge < -0.3 is 10.6 Å². The minimum Gasteiger partial charge on any atom is -0.322 e. The Morgan fingerprint density at radius 1 is 1.00 bits per heavy atom. The van der Waals surface area contributed by atoms with Crippen molar-refractivity contribution in [1.29, 1.82) is 0 Å². The van der Waals surface area contributed by atoms with E-state index in [1.807, 2.05) is 86.0 Å². The summed E-state index contributed by atoms with van der Waals surface area (Å²) >= 11 is 8.76. The van der Waals surface area contributed by atoms with Crippen LogP contribution in [-0.4, -0.2) is 22.0 Å². The lowest BCUT2D eigenvalue weighted by Gasteiger charge is -2.11. The molecule has 0 saturated carbocycles. The van der Waals surface area contributed by atoms with E-state index in [9.17, 15) is 9.59 Å². The third-order valence-corrected chi connectivity index (χ3v) is 7.07. The number of amides is 2. The summed E-state index contributed by atoms with van der Waals surface area (Å²) in [5.41, 5.74) is 4.08. The molecule has 2 N–H and O–H groups in total. The van der Waals surface area contributed by atoms with E-state index in [-0.39, 0.29) is 17.1 Å². The van der Waals surface area contributed by atoms with Gasteiger partial charge in [-0.2, -0.15) is 0 Å². The molecular weight excluding hydrogens is 486 g/mol.